The van der Waals surface area contributed by atoms with Gasteiger partial charge in [0.25, 0.3) is 5.91 Å². The molecule has 0 saturated carbocycles. The van der Waals surface area contributed by atoms with Gasteiger partial charge < -0.3 is 10.6 Å². The molecule has 2 N–H and O–H groups in total. The van der Waals surface area contributed by atoms with Crippen molar-refractivity contribution >= 4 is 27.5 Å². The van der Waals surface area contributed by atoms with Crippen LogP contribution in [0.25, 0.3) is 0 Å². The molecule has 7 nitrogen and oxygen atoms in total. The zero-order valence-electron chi connectivity index (χ0n) is 18.5. The van der Waals surface area contributed by atoms with Gasteiger partial charge in [-0.05, 0) is 55.2 Å². The van der Waals surface area contributed by atoms with Crippen molar-refractivity contribution in [1.29, 1.82) is 0 Å². The van der Waals surface area contributed by atoms with E-state index in [9.17, 15) is 18.0 Å². The quantitative estimate of drug-likeness (QED) is 0.628. The van der Waals surface area contributed by atoms with Gasteiger partial charge >= 0.3 is 0 Å². The number of nitrogens with zero attached hydrogens (tertiary/aromatic N) is 1. The third-order valence-electron chi connectivity index (χ3n) is 5.44. The highest BCUT2D eigenvalue weighted by atomic mass is 32.2. The highest BCUT2D eigenvalue weighted by molar-refractivity contribution is 7.89. The van der Waals surface area contributed by atoms with E-state index < -0.39 is 10.0 Å². The second-order valence-electron chi connectivity index (χ2n) is 8.03. The monoisotopic (exact) mass is 457 g/mol. The standard InChI is InChI=1S/C24H31N3O4S/c1-2-9-23(28)26-21-12-7-10-19(16-21)18-25-24(29)20-11-8-13-22(17-20)32(30,31)27-14-5-3-4-6-15-27/h7-8,10-13,16-17H,2-6,9,14-15,18H2,1H3,(H,25,29)(H,26,28). The van der Waals surface area contributed by atoms with E-state index in [1.807, 2.05) is 25.1 Å². The van der Waals surface area contributed by atoms with Crippen molar-refractivity contribution in [3.05, 3.63) is 59.7 Å². The lowest BCUT2D eigenvalue weighted by atomic mass is 10.1. The van der Waals surface area contributed by atoms with Gasteiger partial charge in [-0.3, -0.25) is 9.59 Å². The van der Waals surface area contributed by atoms with E-state index in [1.54, 1.807) is 24.3 Å². The van der Waals surface area contributed by atoms with Crippen LogP contribution in [-0.4, -0.2) is 37.6 Å². The van der Waals surface area contributed by atoms with Gasteiger partial charge in [0.15, 0.2) is 0 Å². The summed E-state index contributed by atoms with van der Waals surface area (Å²) in [5.41, 5.74) is 1.81. The van der Waals surface area contributed by atoms with Crippen molar-refractivity contribution < 1.29 is 18.0 Å². The van der Waals surface area contributed by atoms with Crippen LogP contribution in [0.4, 0.5) is 5.69 Å². The van der Waals surface area contributed by atoms with Crippen LogP contribution in [0.5, 0.6) is 0 Å². The summed E-state index contributed by atoms with van der Waals surface area (Å²) >= 11 is 0. The van der Waals surface area contributed by atoms with E-state index in [4.69, 9.17) is 0 Å². The molecule has 1 aliphatic heterocycles. The molecule has 0 radical (unpaired) electrons. The topological polar surface area (TPSA) is 95.6 Å². The first-order valence-electron chi connectivity index (χ1n) is 11.2. The summed E-state index contributed by atoms with van der Waals surface area (Å²) in [7, 11) is -3.62. The van der Waals surface area contributed by atoms with Gasteiger partial charge in [0.2, 0.25) is 15.9 Å². The molecule has 8 heteroatoms. The fourth-order valence-electron chi connectivity index (χ4n) is 3.72. The normalized spacial score (nSPS) is 15.0. The first-order valence-corrected chi connectivity index (χ1v) is 12.6. The number of carbonyl (C=O) groups is 2. The molecule has 0 unspecified atom stereocenters. The number of sulfonamides is 1. The third kappa shape index (κ3) is 6.40. The maximum Gasteiger partial charge on any atom is 0.251 e. The summed E-state index contributed by atoms with van der Waals surface area (Å²) in [6.45, 7) is 3.24. The van der Waals surface area contributed by atoms with Crippen molar-refractivity contribution in [1.82, 2.24) is 9.62 Å². The summed E-state index contributed by atoms with van der Waals surface area (Å²) in [5.74, 6) is -0.394. The number of carbonyl (C=O) groups excluding carboxylic acids is 2. The predicted octanol–water partition coefficient (Wildman–Crippen LogP) is 3.92. The van der Waals surface area contributed by atoms with Crippen molar-refractivity contribution in [2.45, 2.75) is 56.9 Å². The number of anilines is 1. The Morgan fingerprint density at radius 3 is 2.41 bits per heavy atom. The van der Waals surface area contributed by atoms with E-state index in [0.29, 0.717) is 30.8 Å². The van der Waals surface area contributed by atoms with Crippen LogP contribution in [0.3, 0.4) is 0 Å². The lowest BCUT2D eigenvalue weighted by molar-refractivity contribution is -0.116. The van der Waals surface area contributed by atoms with Crippen LogP contribution in [0.15, 0.2) is 53.4 Å². The van der Waals surface area contributed by atoms with Crippen LogP contribution >= 0.6 is 0 Å². The van der Waals surface area contributed by atoms with Crippen molar-refractivity contribution in [3.63, 3.8) is 0 Å². The van der Waals surface area contributed by atoms with Crippen LogP contribution in [0.1, 0.15) is 61.4 Å². The fourth-order valence-corrected chi connectivity index (χ4v) is 5.29. The summed E-state index contributed by atoms with van der Waals surface area (Å²) < 4.78 is 27.6. The number of hydrogen-bond acceptors (Lipinski definition) is 4. The van der Waals surface area contributed by atoms with Crippen LogP contribution in [0, 0.1) is 0 Å². The molecule has 1 heterocycles. The molecule has 2 amide bonds. The smallest absolute Gasteiger partial charge is 0.251 e. The van der Waals surface area contributed by atoms with Gasteiger partial charge in [0.05, 0.1) is 4.90 Å². The maximum atomic E-state index is 13.0. The molecule has 3 rings (SSSR count). The molecule has 2 aromatic carbocycles. The van der Waals surface area contributed by atoms with E-state index >= 15 is 0 Å². The lowest BCUT2D eigenvalue weighted by Gasteiger charge is -2.20. The molecular weight excluding hydrogens is 426 g/mol. The van der Waals surface area contributed by atoms with Gasteiger partial charge in [-0.15, -0.1) is 0 Å². The minimum absolute atomic E-state index is 0.0453. The molecule has 0 aromatic heterocycles. The van der Waals surface area contributed by atoms with Gasteiger partial charge in [-0.2, -0.15) is 4.31 Å². The summed E-state index contributed by atoms with van der Waals surface area (Å²) in [6, 6.07) is 13.5. The SMILES string of the molecule is CCCC(=O)Nc1cccc(CNC(=O)c2cccc(S(=O)(=O)N3CCCCCC3)c2)c1. The molecule has 32 heavy (non-hydrogen) atoms. The van der Waals surface area contributed by atoms with E-state index in [0.717, 1.165) is 37.7 Å². The Hall–Kier alpha value is -2.71. The Labute approximate surface area is 190 Å². The maximum absolute atomic E-state index is 13.0. The van der Waals surface area contributed by atoms with Crippen molar-refractivity contribution in [2.24, 2.45) is 0 Å². The predicted molar refractivity (Wildman–Crippen MR) is 125 cm³/mol. The molecule has 0 spiro atoms. The average molecular weight is 458 g/mol. The zero-order chi connectivity index (χ0) is 23.0. The first kappa shape index (κ1) is 23.9. The number of nitrogens with one attached hydrogen (secondary N) is 2. The Bertz CT molecular complexity index is 1040. The third-order valence-corrected chi connectivity index (χ3v) is 7.33. The fraction of sp³-hybridized carbons (Fsp3) is 0.417. The van der Waals surface area contributed by atoms with Gasteiger partial charge in [0.1, 0.15) is 0 Å². The average Bonchev–Trinajstić information content (AvgIpc) is 3.08. The Kier molecular flexibility index (Phi) is 8.41. The summed E-state index contributed by atoms with van der Waals surface area (Å²) in [6.07, 6.45) is 5.02. The second-order valence-corrected chi connectivity index (χ2v) is 9.97. The second kappa shape index (κ2) is 11.2. The number of benzene rings is 2. The molecular formula is C24H31N3O4S. The van der Waals surface area contributed by atoms with Crippen molar-refractivity contribution in [2.75, 3.05) is 18.4 Å². The van der Waals surface area contributed by atoms with E-state index in [2.05, 4.69) is 10.6 Å². The Balaban J connectivity index is 1.66. The molecule has 1 aliphatic rings. The molecule has 0 aliphatic carbocycles. The van der Waals surface area contributed by atoms with Gasteiger partial charge in [0, 0.05) is 37.3 Å². The Morgan fingerprint density at radius 1 is 0.969 bits per heavy atom. The van der Waals surface area contributed by atoms with Crippen LogP contribution < -0.4 is 10.6 Å². The number of rotatable bonds is 8. The first-order chi connectivity index (χ1) is 15.4. The highest BCUT2D eigenvalue weighted by Crippen LogP contribution is 2.21. The zero-order valence-corrected chi connectivity index (χ0v) is 19.3. The highest BCUT2D eigenvalue weighted by Gasteiger charge is 2.25. The Morgan fingerprint density at radius 2 is 1.69 bits per heavy atom. The molecule has 0 bridgehead atoms. The summed E-state index contributed by atoms with van der Waals surface area (Å²) in [5, 5.41) is 5.67. The minimum Gasteiger partial charge on any atom is -0.348 e. The summed E-state index contributed by atoms with van der Waals surface area (Å²) in [4.78, 5) is 24.6. The van der Waals surface area contributed by atoms with Crippen LogP contribution in [0.2, 0.25) is 0 Å². The lowest BCUT2D eigenvalue weighted by Crippen LogP contribution is -2.32. The molecule has 1 saturated heterocycles. The minimum atomic E-state index is -3.62. The van der Waals surface area contributed by atoms with E-state index in [1.165, 1.54) is 10.4 Å². The van der Waals surface area contributed by atoms with Gasteiger partial charge in [-0.1, -0.05) is 38.0 Å². The van der Waals surface area contributed by atoms with Crippen LogP contribution in [-0.2, 0) is 21.4 Å². The molecule has 0 atom stereocenters. The van der Waals surface area contributed by atoms with Crippen molar-refractivity contribution in [3.8, 4) is 0 Å². The van der Waals surface area contributed by atoms with E-state index in [-0.39, 0.29) is 23.3 Å². The molecule has 1 fully saturated rings. The molecule has 172 valence electrons. The number of amides is 2. The largest absolute Gasteiger partial charge is 0.348 e. The number of hydrogen-bond donors (Lipinski definition) is 2. The molecule has 2 aromatic rings. The van der Waals surface area contributed by atoms with Gasteiger partial charge in [-0.25, -0.2) is 8.42 Å².